The van der Waals surface area contributed by atoms with E-state index in [2.05, 4.69) is 5.32 Å². The molecule has 1 unspecified atom stereocenters. The monoisotopic (exact) mass is 365 g/mol. The summed E-state index contributed by atoms with van der Waals surface area (Å²) in [5.74, 6) is -0.476. The topological polar surface area (TPSA) is 54.3 Å². The summed E-state index contributed by atoms with van der Waals surface area (Å²) < 4.78 is 15.1. The molecule has 0 aliphatic carbocycles. The Labute approximate surface area is 156 Å². The van der Waals surface area contributed by atoms with Crippen LogP contribution in [-0.4, -0.2) is 22.4 Å². The van der Waals surface area contributed by atoms with Gasteiger partial charge in [-0.1, -0.05) is 0 Å². The fraction of sp³-hybridized carbons (Fsp3) is 0.238. The molecule has 1 fully saturated rings. The van der Waals surface area contributed by atoms with E-state index in [1.165, 1.54) is 12.1 Å². The number of nitrogens with one attached hydrogen (secondary N) is 1. The van der Waals surface area contributed by atoms with Gasteiger partial charge in [-0.25, -0.2) is 4.39 Å². The second kappa shape index (κ2) is 6.54. The highest BCUT2D eigenvalue weighted by atomic mass is 19.1. The first kappa shape index (κ1) is 17.3. The van der Waals surface area contributed by atoms with Crippen molar-refractivity contribution in [2.45, 2.75) is 25.8 Å². The summed E-state index contributed by atoms with van der Waals surface area (Å²) in [6.07, 6.45) is 1.43. The lowest BCUT2D eigenvalue weighted by molar-refractivity contribution is -0.117. The molecule has 0 saturated carbocycles. The first-order valence-electron chi connectivity index (χ1n) is 8.92. The lowest BCUT2D eigenvalue weighted by Gasteiger charge is -2.22. The van der Waals surface area contributed by atoms with E-state index in [1.807, 2.05) is 19.1 Å². The molecule has 1 saturated heterocycles. The summed E-state index contributed by atoms with van der Waals surface area (Å²) in [6.45, 7) is 2.03. The van der Waals surface area contributed by atoms with E-state index in [-0.39, 0.29) is 23.7 Å². The van der Waals surface area contributed by atoms with Crippen LogP contribution in [0, 0.1) is 5.82 Å². The van der Waals surface area contributed by atoms with Gasteiger partial charge >= 0.3 is 0 Å². The Morgan fingerprint density at radius 2 is 1.89 bits per heavy atom. The minimum absolute atomic E-state index is 0.127. The number of amides is 2. The standard InChI is InChI=1S/C21H20FN3O2/c1-13-3-10-20(26)25(13)17-7-5-16(6-8-17)23-21(27)19-12-14-11-15(22)4-9-18(14)24(19)2/h4-9,11-13H,3,10H2,1-2H3,(H,23,27). The molecule has 0 radical (unpaired) electrons. The molecule has 0 spiro atoms. The zero-order chi connectivity index (χ0) is 19.1. The summed E-state index contributed by atoms with van der Waals surface area (Å²) in [5, 5.41) is 3.54. The number of rotatable bonds is 3. The van der Waals surface area contributed by atoms with Gasteiger partial charge in [0.1, 0.15) is 11.5 Å². The molecule has 1 aliphatic heterocycles. The fourth-order valence-electron chi connectivity index (χ4n) is 3.66. The number of benzene rings is 2. The molecule has 138 valence electrons. The van der Waals surface area contributed by atoms with Crippen LogP contribution in [0.4, 0.5) is 15.8 Å². The fourth-order valence-corrected chi connectivity index (χ4v) is 3.66. The van der Waals surface area contributed by atoms with Crippen LogP contribution in [0.15, 0.2) is 48.5 Å². The number of anilines is 2. The quantitative estimate of drug-likeness (QED) is 0.760. The first-order chi connectivity index (χ1) is 12.9. The molecule has 2 aromatic carbocycles. The maximum absolute atomic E-state index is 13.4. The molecule has 1 aliphatic rings. The average Bonchev–Trinajstić information content (AvgIpc) is 3.15. The van der Waals surface area contributed by atoms with E-state index >= 15 is 0 Å². The molecule has 1 aromatic heterocycles. The maximum Gasteiger partial charge on any atom is 0.272 e. The molecule has 2 heterocycles. The minimum Gasteiger partial charge on any atom is -0.340 e. The number of halogens is 1. The first-order valence-corrected chi connectivity index (χ1v) is 8.92. The number of carbonyl (C=O) groups excluding carboxylic acids is 2. The smallest absolute Gasteiger partial charge is 0.272 e. The lowest BCUT2D eigenvalue weighted by Crippen LogP contribution is -2.30. The van der Waals surface area contributed by atoms with Gasteiger partial charge in [-0.05, 0) is 61.9 Å². The third-order valence-electron chi connectivity index (χ3n) is 5.13. The highest BCUT2D eigenvalue weighted by Gasteiger charge is 2.28. The van der Waals surface area contributed by atoms with Crippen molar-refractivity contribution in [2.75, 3.05) is 10.2 Å². The van der Waals surface area contributed by atoms with Crippen LogP contribution in [0.5, 0.6) is 0 Å². The van der Waals surface area contributed by atoms with Gasteiger partial charge in [-0.3, -0.25) is 9.59 Å². The predicted molar refractivity (Wildman–Crippen MR) is 103 cm³/mol. The van der Waals surface area contributed by atoms with E-state index < -0.39 is 0 Å². The predicted octanol–water partition coefficient (Wildman–Crippen LogP) is 4.09. The highest BCUT2D eigenvalue weighted by molar-refractivity contribution is 6.06. The number of aromatic nitrogens is 1. The molecule has 2 amide bonds. The number of nitrogens with zero attached hydrogens (tertiary/aromatic N) is 2. The van der Waals surface area contributed by atoms with E-state index in [0.29, 0.717) is 23.2 Å². The van der Waals surface area contributed by atoms with Gasteiger partial charge in [0.15, 0.2) is 0 Å². The number of carbonyl (C=O) groups is 2. The SMILES string of the molecule is CC1CCC(=O)N1c1ccc(NC(=O)c2cc3cc(F)ccc3n2C)cc1. The third-order valence-corrected chi connectivity index (χ3v) is 5.13. The van der Waals surface area contributed by atoms with Crippen molar-refractivity contribution >= 4 is 34.1 Å². The second-order valence-corrected chi connectivity index (χ2v) is 6.94. The van der Waals surface area contributed by atoms with Gasteiger partial charge in [-0.2, -0.15) is 0 Å². The Morgan fingerprint density at radius 3 is 2.56 bits per heavy atom. The van der Waals surface area contributed by atoms with Crippen LogP contribution in [0.25, 0.3) is 10.9 Å². The molecule has 3 aromatic rings. The van der Waals surface area contributed by atoms with Crippen molar-refractivity contribution in [3.8, 4) is 0 Å². The molecule has 1 atom stereocenters. The molecular formula is C21H20FN3O2. The van der Waals surface area contributed by atoms with Crippen molar-refractivity contribution < 1.29 is 14.0 Å². The van der Waals surface area contributed by atoms with E-state index in [1.54, 1.807) is 40.8 Å². The Bertz CT molecular complexity index is 1040. The minimum atomic E-state index is -0.332. The van der Waals surface area contributed by atoms with Gasteiger partial charge in [0.25, 0.3) is 5.91 Å². The number of aryl methyl sites for hydroxylation is 1. The van der Waals surface area contributed by atoms with Crippen LogP contribution in [0.3, 0.4) is 0 Å². The van der Waals surface area contributed by atoms with Gasteiger partial charge in [0, 0.05) is 41.8 Å². The summed E-state index contributed by atoms with van der Waals surface area (Å²) >= 11 is 0. The number of fused-ring (bicyclic) bond motifs is 1. The van der Waals surface area contributed by atoms with Crippen molar-refractivity contribution in [2.24, 2.45) is 7.05 Å². The van der Waals surface area contributed by atoms with Crippen LogP contribution < -0.4 is 10.2 Å². The van der Waals surface area contributed by atoms with Crippen LogP contribution >= 0.6 is 0 Å². The van der Waals surface area contributed by atoms with E-state index in [4.69, 9.17) is 0 Å². The van der Waals surface area contributed by atoms with Gasteiger partial charge in [0.05, 0.1) is 0 Å². The van der Waals surface area contributed by atoms with Crippen LogP contribution in [0.1, 0.15) is 30.3 Å². The highest BCUT2D eigenvalue weighted by Crippen LogP contribution is 2.28. The maximum atomic E-state index is 13.4. The van der Waals surface area contributed by atoms with Gasteiger partial charge < -0.3 is 14.8 Å². The zero-order valence-corrected chi connectivity index (χ0v) is 15.2. The van der Waals surface area contributed by atoms with Gasteiger partial charge in [0.2, 0.25) is 5.91 Å². The summed E-state index contributed by atoms with van der Waals surface area (Å²) in [6, 6.07) is 13.6. The molecule has 6 heteroatoms. The summed E-state index contributed by atoms with van der Waals surface area (Å²) in [7, 11) is 1.78. The van der Waals surface area contributed by atoms with Crippen LogP contribution in [-0.2, 0) is 11.8 Å². The average molecular weight is 365 g/mol. The largest absolute Gasteiger partial charge is 0.340 e. The lowest BCUT2D eigenvalue weighted by atomic mass is 10.2. The zero-order valence-electron chi connectivity index (χ0n) is 15.2. The molecule has 4 rings (SSSR count). The Morgan fingerprint density at radius 1 is 1.15 bits per heavy atom. The summed E-state index contributed by atoms with van der Waals surface area (Å²) in [4.78, 5) is 26.4. The molecule has 1 N–H and O–H groups in total. The van der Waals surface area contributed by atoms with Crippen LogP contribution in [0.2, 0.25) is 0 Å². The van der Waals surface area contributed by atoms with Crippen molar-refractivity contribution in [1.29, 1.82) is 0 Å². The van der Waals surface area contributed by atoms with Crippen molar-refractivity contribution in [3.05, 3.63) is 60.0 Å². The molecule has 0 bridgehead atoms. The van der Waals surface area contributed by atoms with E-state index in [9.17, 15) is 14.0 Å². The van der Waals surface area contributed by atoms with E-state index in [0.717, 1.165) is 17.6 Å². The third kappa shape index (κ3) is 3.07. The molecular weight excluding hydrogens is 345 g/mol. The number of hydrogen-bond donors (Lipinski definition) is 1. The Hall–Kier alpha value is -3.15. The second-order valence-electron chi connectivity index (χ2n) is 6.94. The normalized spacial score (nSPS) is 16.9. The van der Waals surface area contributed by atoms with Crippen molar-refractivity contribution in [1.82, 2.24) is 4.57 Å². The van der Waals surface area contributed by atoms with Crippen molar-refractivity contribution in [3.63, 3.8) is 0 Å². The molecule has 27 heavy (non-hydrogen) atoms. The Balaban J connectivity index is 1.55. The number of hydrogen-bond acceptors (Lipinski definition) is 2. The Kier molecular flexibility index (Phi) is 4.18. The summed E-state index contributed by atoms with van der Waals surface area (Å²) in [5.41, 5.74) is 2.71. The van der Waals surface area contributed by atoms with Gasteiger partial charge in [-0.15, -0.1) is 0 Å². The molecule has 5 nitrogen and oxygen atoms in total.